The summed E-state index contributed by atoms with van der Waals surface area (Å²) in [6.45, 7) is 5.18. The van der Waals surface area contributed by atoms with Crippen molar-refractivity contribution in [1.29, 1.82) is 0 Å². The van der Waals surface area contributed by atoms with Gasteiger partial charge in [-0.2, -0.15) is 5.10 Å². The average Bonchev–Trinajstić information content (AvgIpc) is 3.17. The molecule has 6 heteroatoms. The van der Waals surface area contributed by atoms with Crippen molar-refractivity contribution >= 4 is 5.91 Å². The van der Waals surface area contributed by atoms with Gasteiger partial charge in [0.05, 0.1) is 18.8 Å². The summed E-state index contributed by atoms with van der Waals surface area (Å²) < 4.78 is 14.1. The summed E-state index contributed by atoms with van der Waals surface area (Å²) >= 11 is 0. The average molecular weight is 412 g/mol. The molecule has 1 spiro atoms. The smallest absolute Gasteiger partial charge is 0.222 e. The number of unbranched alkanes of at least 4 members (excludes halogenated alkanes) is 1. The summed E-state index contributed by atoms with van der Waals surface area (Å²) in [6, 6.07) is 8.44. The fourth-order valence-electron chi connectivity index (χ4n) is 4.65. The summed E-state index contributed by atoms with van der Waals surface area (Å²) in [5, 5.41) is 4.18. The topological polar surface area (TPSA) is 56.6 Å². The van der Waals surface area contributed by atoms with Crippen LogP contribution in [0.25, 0.3) is 0 Å². The van der Waals surface area contributed by atoms with E-state index in [9.17, 15) is 4.79 Å². The van der Waals surface area contributed by atoms with Crippen molar-refractivity contribution < 1.29 is 14.3 Å². The molecule has 0 aliphatic carbocycles. The Balaban J connectivity index is 1.37. The first-order valence-electron chi connectivity index (χ1n) is 11.3. The maximum Gasteiger partial charge on any atom is 0.222 e. The van der Waals surface area contributed by atoms with Gasteiger partial charge in [0.25, 0.3) is 0 Å². The SMILES string of the molecule is CCCCOc1ccc2c(c1)CCOC21CCN(C(=O)CCc2ccnn2C)CC1. The summed E-state index contributed by atoms with van der Waals surface area (Å²) in [5.41, 5.74) is 3.47. The number of hydrogen-bond acceptors (Lipinski definition) is 4. The standard InChI is InChI=1S/C24H33N3O3/c1-3-4-16-29-21-6-7-22-19(18-21)10-17-30-24(22)11-14-27(15-12-24)23(28)8-5-20-9-13-25-26(20)2/h6-7,9,13,18H,3-5,8,10-12,14-17H2,1-2H3. The number of ether oxygens (including phenoxy) is 2. The van der Waals surface area contributed by atoms with Crippen LogP contribution in [0.2, 0.25) is 0 Å². The Kier molecular flexibility index (Phi) is 6.42. The molecule has 0 saturated carbocycles. The van der Waals surface area contributed by atoms with Gasteiger partial charge in [-0.25, -0.2) is 0 Å². The van der Waals surface area contributed by atoms with Gasteiger partial charge in [-0.05, 0) is 61.4 Å². The monoisotopic (exact) mass is 411 g/mol. The zero-order valence-corrected chi connectivity index (χ0v) is 18.2. The van der Waals surface area contributed by atoms with E-state index in [0.717, 1.165) is 76.3 Å². The lowest BCUT2D eigenvalue weighted by Crippen LogP contribution is -2.48. The van der Waals surface area contributed by atoms with E-state index in [-0.39, 0.29) is 11.5 Å². The number of piperidine rings is 1. The first-order valence-corrected chi connectivity index (χ1v) is 11.3. The van der Waals surface area contributed by atoms with Gasteiger partial charge in [-0.15, -0.1) is 0 Å². The Morgan fingerprint density at radius 2 is 2.10 bits per heavy atom. The van der Waals surface area contributed by atoms with Crippen molar-refractivity contribution in [3.05, 3.63) is 47.3 Å². The second-order valence-electron chi connectivity index (χ2n) is 8.44. The van der Waals surface area contributed by atoms with Crippen molar-refractivity contribution in [2.45, 2.75) is 57.5 Å². The molecule has 2 aliphatic rings. The van der Waals surface area contributed by atoms with E-state index in [1.165, 1.54) is 11.1 Å². The van der Waals surface area contributed by atoms with Gasteiger partial charge in [-0.1, -0.05) is 19.4 Å². The molecule has 1 fully saturated rings. The van der Waals surface area contributed by atoms with E-state index in [1.807, 2.05) is 22.7 Å². The van der Waals surface area contributed by atoms with E-state index in [0.29, 0.717) is 6.42 Å². The lowest BCUT2D eigenvalue weighted by molar-refractivity contribution is -0.140. The Morgan fingerprint density at radius 1 is 1.27 bits per heavy atom. The van der Waals surface area contributed by atoms with E-state index in [2.05, 4.69) is 30.2 Å². The highest BCUT2D eigenvalue weighted by molar-refractivity contribution is 5.76. The van der Waals surface area contributed by atoms with Crippen molar-refractivity contribution in [1.82, 2.24) is 14.7 Å². The summed E-state index contributed by atoms with van der Waals surface area (Å²) in [6.07, 6.45) is 7.90. The van der Waals surface area contributed by atoms with Crippen LogP contribution in [0.4, 0.5) is 0 Å². The first-order chi connectivity index (χ1) is 14.6. The molecule has 1 saturated heterocycles. The van der Waals surface area contributed by atoms with Crippen LogP contribution in [0, 0.1) is 0 Å². The van der Waals surface area contributed by atoms with Crippen LogP contribution in [-0.4, -0.2) is 46.9 Å². The molecule has 2 aliphatic heterocycles. The summed E-state index contributed by atoms with van der Waals surface area (Å²) in [5.74, 6) is 1.18. The van der Waals surface area contributed by atoms with Crippen LogP contribution in [0.3, 0.4) is 0 Å². The maximum absolute atomic E-state index is 12.7. The molecule has 162 valence electrons. The molecule has 1 amide bonds. The number of benzene rings is 1. The number of aryl methyl sites for hydroxylation is 2. The van der Waals surface area contributed by atoms with Crippen LogP contribution in [0.15, 0.2) is 30.5 Å². The minimum Gasteiger partial charge on any atom is -0.494 e. The molecule has 0 bridgehead atoms. The number of nitrogens with zero attached hydrogens (tertiary/aromatic N) is 3. The van der Waals surface area contributed by atoms with Crippen LogP contribution in [-0.2, 0) is 35.0 Å². The quantitative estimate of drug-likeness (QED) is 0.653. The van der Waals surface area contributed by atoms with E-state index in [4.69, 9.17) is 9.47 Å². The number of fused-ring (bicyclic) bond motifs is 2. The van der Waals surface area contributed by atoms with Crippen molar-refractivity contribution in [2.75, 3.05) is 26.3 Å². The molecule has 3 heterocycles. The van der Waals surface area contributed by atoms with Crippen molar-refractivity contribution in [2.24, 2.45) is 7.05 Å². The lowest BCUT2D eigenvalue weighted by Gasteiger charge is -2.45. The van der Waals surface area contributed by atoms with Gasteiger partial charge in [-0.3, -0.25) is 9.48 Å². The third kappa shape index (κ3) is 4.38. The van der Waals surface area contributed by atoms with Gasteiger partial charge >= 0.3 is 0 Å². The molecule has 4 rings (SSSR count). The number of likely N-dealkylation sites (tertiary alicyclic amines) is 1. The van der Waals surface area contributed by atoms with Gasteiger partial charge in [0.2, 0.25) is 5.91 Å². The van der Waals surface area contributed by atoms with Crippen LogP contribution < -0.4 is 4.74 Å². The van der Waals surface area contributed by atoms with E-state index >= 15 is 0 Å². The second-order valence-corrected chi connectivity index (χ2v) is 8.44. The van der Waals surface area contributed by atoms with Crippen molar-refractivity contribution in [3.63, 3.8) is 0 Å². The minimum absolute atomic E-state index is 0.224. The van der Waals surface area contributed by atoms with Crippen LogP contribution >= 0.6 is 0 Å². The van der Waals surface area contributed by atoms with Gasteiger partial charge in [0.15, 0.2) is 0 Å². The van der Waals surface area contributed by atoms with Crippen LogP contribution in [0.5, 0.6) is 5.75 Å². The Morgan fingerprint density at radius 3 is 2.83 bits per heavy atom. The number of aromatic nitrogens is 2. The normalized spacial score (nSPS) is 17.7. The Hall–Kier alpha value is -2.34. The molecule has 2 aromatic rings. The Bertz CT molecular complexity index is 868. The van der Waals surface area contributed by atoms with Crippen molar-refractivity contribution in [3.8, 4) is 5.75 Å². The Labute approximate surface area is 179 Å². The van der Waals surface area contributed by atoms with Gasteiger partial charge in [0, 0.05) is 38.4 Å². The fourth-order valence-corrected chi connectivity index (χ4v) is 4.65. The predicted octanol–water partition coefficient (Wildman–Crippen LogP) is 3.62. The number of rotatable bonds is 7. The molecule has 30 heavy (non-hydrogen) atoms. The largest absolute Gasteiger partial charge is 0.494 e. The molecule has 0 atom stereocenters. The third-order valence-electron chi connectivity index (χ3n) is 6.53. The molecular formula is C24H33N3O3. The number of amides is 1. The zero-order valence-electron chi connectivity index (χ0n) is 18.2. The number of carbonyl (C=O) groups is 1. The second kappa shape index (κ2) is 9.21. The maximum atomic E-state index is 12.7. The predicted molar refractivity (Wildman–Crippen MR) is 116 cm³/mol. The van der Waals surface area contributed by atoms with Crippen LogP contribution in [0.1, 0.15) is 55.8 Å². The lowest BCUT2D eigenvalue weighted by atomic mass is 9.79. The highest BCUT2D eigenvalue weighted by Crippen LogP contribution is 2.42. The van der Waals surface area contributed by atoms with E-state index < -0.39 is 0 Å². The highest BCUT2D eigenvalue weighted by Gasteiger charge is 2.41. The molecule has 0 radical (unpaired) electrons. The number of carbonyl (C=O) groups excluding carboxylic acids is 1. The first kappa shape index (κ1) is 20.9. The molecular weight excluding hydrogens is 378 g/mol. The molecule has 0 unspecified atom stereocenters. The molecule has 1 aromatic carbocycles. The third-order valence-corrected chi connectivity index (χ3v) is 6.53. The number of hydrogen-bond donors (Lipinski definition) is 0. The molecule has 0 N–H and O–H groups in total. The summed E-state index contributed by atoms with van der Waals surface area (Å²) in [7, 11) is 1.92. The van der Waals surface area contributed by atoms with Gasteiger partial charge in [0.1, 0.15) is 5.75 Å². The highest BCUT2D eigenvalue weighted by atomic mass is 16.5. The molecule has 6 nitrogen and oxygen atoms in total. The summed E-state index contributed by atoms with van der Waals surface area (Å²) in [4.78, 5) is 14.7. The minimum atomic E-state index is -0.256. The van der Waals surface area contributed by atoms with Gasteiger partial charge < -0.3 is 14.4 Å². The molecule has 1 aromatic heterocycles. The fraction of sp³-hybridized carbons (Fsp3) is 0.583. The van der Waals surface area contributed by atoms with E-state index in [1.54, 1.807) is 6.20 Å². The zero-order chi connectivity index (χ0) is 21.0.